The molecule has 6 nitrogen and oxygen atoms in total. The number of nitrogens with two attached hydrogens (primary N) is 1. The molecule has 0 bridgehead atoms. The van der Waals surface area contributed by atoms with Crippen molar-refractivity contribution in [1.29, 1.82) is 0 Å². The summed E-state index contributed by atoms with van der Waals surface area (Å²) in [6, 6.07) is 5.14. The van der Waals surface area contributed by atoms with Gasteiger partial charge in [0.15, 0.2) is 0 Å². The van der Waals surface area contributed by atoms with Crippen molar-refractivity contribution in [1.82, 2.24) is 19.9 Å². The summed E-state index contributed by atoms with van der Waals surface area (Å²) in [5.74, 6) is 0.343. The quantitative estimate of drug-likeness (QED) is 0.721. The second kappa shape index (κ2) is 7.27. The second-order valence-electron chi connectivity index (χ2n) is 7.54. The van der Waals surface area contributed by atoms with Gasteiger partial charge in [0, 0.05) is 66.4 Å². The molecule has 0 aliphatic carbocycles. The van der Waals surface area contributed by atoms with Gasteiger partial charge in [-0.3, -0.25) is 9.89 Å². The van der Waals surface area contributed by atoms with E-state index in [0.717, 1.165) is 41.2 Å². The van der Waals surface area contributed by atoms with E-state index < -0.39 is 0 Å². The van der Waals surface area contributed by atoms with E-state index in [0.29, 0.717) is 12.4 Å². The van der Waals surface area contributed by atoms with Crippen LogP contribution in [0.4, 0.5) is 4.39 Å². The van der Waals surface area contributed by atoms with Crippen LogP contribution in [0.2, 0.25) is 0 Å². The molecule has 0 amide bonds. The number of hydrogen-bond donors (Lipinski definition) is 1. The number of halogens is 1. The summed E-state index contributed by atoms with van der Waals surface area (Å²) in [6.45, 7) is 4.65. The number of amidine groups is 1. The first-order valence-electron chi connectivity index (χ1n) is 9.68. The van der Waals surface area contributed by atoms with E-state index in [1.807, 2.05) is 6.07 Å². The van der Waals surface area contributed by atoms with Gasteiger partial charge >= 0.3 is 0 Å². The van der Waals surface area contributed by atoms with Crippen LogP contribution in [0.1, 0.15) is 34.5 Å². The summed E-state index contributed by atoms with van der Waals surface area (Å²) in [5, 5.41) is 0.973. The maximum absolute atomic E-state index is 13.7. The zero-order valence-corrected chi connectivity index (χ0v) is 16.9. The maximum Gasteiger partial charge on any atom is 0.127 e. The topological polar surface area (TPSA) is 80.3 Å². The molecule has 2 unspecified atom stereocenters. The van der Waals surface area contributed by atoms with Gasteiger partial charge in [-0.15, -0.1) is 11.3 Å². The lowest BCUT2D eigenvalue weighted by Gasteiger charge is -2.38. The number of aromatic nitrogens is 3. The van der Waals surface area contributed by atoms with Gasteiger partial charge < -0.3 is 5.73 Å². The van der Waals surface area contributed by atoms with E-state index in [2.05, 4.69) is 26.8 Å². The Balaban J connectivity index is 1.39. The highest BCUT2D eigenvalue weighted by atomic mass is 32.1. The lowest BCUT2D eigenvalue weighted by molar-refractivity contribution is 0.168. The predicted octanol–water partition coefficient (Wildman–Crippen LogP) is 2.99. The Morgan fingerprint density at radius 3 is 2.93 bits per heavy atom. The zero-order valence-electron chi connectivity index (χ0n) is 16.0. The summed E-state index contributed by atoms with van der Waals surface area (Å²) < 4.78 is 13.7. The molecule has 8 heteroatoms. The number of aliphatic imine (C=N–C) groups is 1. The van der Waals surface area contributed by atoms with Gasteiger partial charge in [0.2, 0.25) is 0 Å². The van der Waals surface area contributed by atoms with Gasteiger partial charge in [-0.1, -0.05) is 6.07 Å². The van der Waals surface area contributed by atoms with Crippen molar-refractivity contribution < 1.29 is 4.39 Å². The molecule has 0 saturated carbocycles. The van der Waals surface area contributed by atoms with Gasteiger partial charge in [0.05, 0.1) is 5.69 Å². The molecule has 4 heterocycles. The Labute approximate surface area is 172 Å². The van der Waals surface area contributed by atoms with Crippen molar-refractivity contribution in [3.8, 4) is 10.6 Å². The van der Waals surface area contributed by atoms with Crippen LogP contribution >= 0.6 is 11.3 Å². The van der Waals surface area contributed by atoms with E-state index in [9.17, 15) is 4.39 Å². The number of nitrogens with zero attached hydrogens (tertiary/aromatic N) is 5. The molecular weight excluding hydrogens is 387 g/mol. The minimum Gasteiger partial charge on any atom is -0.383 e. The molecule has 0 saturated heterocycles. The Morgan fingerprint density at radius 1 is 1.28 bits per heavy atom. The van der Waals surface area contributed by atoms with Crippen molar-refractivity contribution >= 4 is 17.2 Å². The van der Waals surface area contributed by atoms with Gasteiger partial charge in [-0.05, 0) is 24.6 Å². The molecular formula is C21H21FN6S. The highest BCUT2D eigenvalue weighted by Gasteiger charge is 2.32. The minimum absolute atomic E-state index is 0.189. The highest BCUT2D eigenvalue weighted by molar-refractivity contribution is 7.15. The fraction of sp³-hybridized carbons (Fsp3) is 0.333. The predicted molar refractivity (Wildman–Crippen MR) is 111 cm³/mol. The fourth-order valence-electron chi connectivity index (χ4n) is 4.22. The molecule has 0 spiro atoms. The molecule has 2 aliphatic rings. The van der Waals surface area contributed by atoms with Crippen molar-refractivity contribution in [3.63, 3.8) is 0 Å². The van der Waals surface area contributed by atoms with Crippen LogP contribution in [-0.2, 0) is 13.0 Å². The molecule has 1 aromatic carbocycles. The molecule has 148 valence electrons. The van der Waals surface area contributed by atoms with Crippen LogP contribution in [0.25, 0.3) is 10.6 Å². The molecule has 2 N–H and O–H groups in total. The van der Waals surface area contributed by atoms with Gasteiger partial charge in [-0.2, -0.15) is 0 Å². The van der Waals surface area contributed by atoms with Crippen molar-refractivity contribution in [3.05, 3.63) is 64.4 Å². The number of hydrogen-bond acceptors (Lipinski definition) is 7. The Morgan fingerprint density at radius 2 is 2.10 bits per heavy atom. The van der Waals surface area contributed by atoms with E-state index in [-0.39, 0.29) is 17.8 Å². The molecule has 5 rings (SSSR count). The highest BCUT2D eigenvalue weighted by Crippen LogP contribution is 2.35. The van der Waals surface area contributed by atoms with Gasteiger partial charge in [-0.25, -0.2) is 19.3 Å². The van der Waals surface area contributed by atoms with Crippen LogP contribution in [-0.4, -0.2) is 44.8 Å². The average molecular weight is 409 g/mol. The average Bonchev–Trinajstić information content (AvgIpc) is 3.18. The third-order valence-electron chi connectivity index (χ3n) is 5.88. The number of benzene rings is 1. The van der Waals surface area contributed by atoms with Crippen LogP contribution in [0.15, 0.2) is 41.9 Å². The van der Waals surface area contributed by atoms with Crippen molar-refractivity contribution in [2.45, 2.75) is 31.8 Å². The zero-order chi connectivity index (χ0) is 20.0. The van der Waals surface area contributed by atoms with E-state index in [1.165, 1.54) is 29.0 Å². The molecule has 29 heavy (non-hydrogen) atoms. The number of thiazole rings is 1. The number of rotatable bonds is 3. The molecule has 2 aliphatic heterocycles. The summed E-state index contributed by atoms with van der Waals surface area (Å²) in [5.41, 5.74) is 9.98. The summed E-state index contributed by atoms with van der Waals surface area (Å²) >= 11 is 1.71. The largest absolute Gasteiger partial charge is 0.383 e. The van der Waals surface area contributed by atoms with Gasteiger partial charge in [0.1, 0.15) is 23.0 Å². The normalized spacial score (nSPS) is 19.9. The van der Waals surface area contributed by atoms with Crippen molar-refractivity contribution in [2.75, 3.05) is 13.1 Å². The van der Waals surface area contributed by atoms with Crippen LogP contribution in [0.3, 0.4) is 0 Å². The van der Waals surface area contributed by atoms with E-state index in [1.54, 1.807) is 23.7 Å². The number of fused-ring (bicyclic) bond motifs is 2. The molecule has 0 radical (unpaired) electrons. The summed E-state index contributed by atoms with van der Waals surface area (Å²) in [7, 11) is 0. The van der Waals surface area contributed by atoms with Crippen molar-refractivity contribution in [2.24, 2.45) is 10.7 Å². The van der Waals surface area contributed by atoms with Gasteiger partial charge in [0.25, 0.3) is 0 Å². The Bertz CT molecular complexity index is 1080. The van der Waals surface area contributed by atoms with E-state index >= 15 is 0 Å². The first kappa shape index (κ1) is 18.3. The summed E-state index contributed by atoms with van der Waals surface area (Å²) in [4.78, 5) is 21.3. The maximum atomic E-state index is 13.7. The first-order valence-corrected chi connectivity index (χ1v) is 10.5. The fourth-order valence-corrected chi connectivity index (χ4v) is 5.33. The SMILES string of the molecule is CC(C1CN=C(N)c2cc(F)ccc21)N1CCc2nc(-c3cncnc3)sc2C1. The lowest BCUT2D eigenvalue weighted by Crippen LogP contribution is -2.43. The van der Waals surface area contributed by atoms with Crippen LogP contribution in [0, 0.1) is 5.82 Å². The van der Waals surface area contributed by atoms with E-state index in [4.69, 9.17) is 10.7 Å². The molecule has 3 aromatic rings. The Kier molecular flexibility index (Phi) is 4.60. The second-order valence-corrected chi connectivity index (χ2v) is 8.62. The Hall–Kier alpha value is -2.71. The summed E-state index contributed by atoms with van der Waals surface area (Å²) in [6.07, 6.45) is 6.05. The third-order valence-corrected chi connectivity index (χ3v) is 7.01. The molecule has 2 atom stereocenters. The van der Waals surface area contributed by atoms with Crippen LogP contribution < -0.4 is 5.73 Å². The monoisotopic (exact) mass is 408 g/mol. The molecule has 2 aromatic heterocycles. The lowest BCUT2D eigenvalue weighted by atomic mass is 9.85. The smallest absolute Gasteiger partial charge is 0.127 e. The minimum atomic E-state index is -0.278. The standard InChI is InChI=1S/C21H21FN6S/c1-12(17-9-26-20(23)16-6-14(22)2-3-15(16)17)28-5-4-18-19(10-28)29-21(27-18)13-7-24-11-25-8-13/h2-3,6-8,11-12,17H,4-5,9-10H2,1H3,(H2,23,26). The first-order chi connectivity index (χ1) is 14.1. The molecule has 0 fully saturated rings. The third kappa shape index (κ3) is 3.32. The van der Waals surface area contributed by atoms with Crippen LogP contribution in [0.5, 0.6) is 0 Å².